The fourth-order valence-electron chi connectivity index (χ4n) is 2.83. The quantitative estimate of drug-likeness (QED) is 0.933. The van der Waals surface area contributed by atoms with E-state index in [4.69, 9.17) is 0 Å². The van der Waals surface area contributed by atoms with Gasteiger partial charge in [0, 0.05) is 35.8 Å². The standard InChI is InChI=1S/C14H20N4S/c1-11-14(19-10-15-11)5-8-18-7-2-3-12(9-18)13-4-6-16-17-13/h4,6,10,12H,2-3,5,7-9H2,1H3,(H,16,17). The minimum absolute atomic E-state index is 0.624. The largest absolute Gasteiger partial charge is 0.302 e. The van der Waals surface area contributed by atoms with Crippen molar-refractivity contribution in [2.24, 2.45) is 0 Å². The number of hydrogen-bond acceptors (Lipinski definition) is 4. The molecule has 0 bridgehead atoms. The number of aromatic amines is 1. The normalized spacial score (nSPS) is 20.8. The number of thiazole rings is 1. The van der Waals surface area contributed by atoms with E-state index in [1.807, 2.05) is 11.7 Å². The van der Waals surface area contributed by atoms with Crippen LogP contribution in [0.4, 0.5) is 0 Å². The van der Waals surface area contributed by atoms with E-state index >= 15 is 0 Å². The fraction of sp³-hybridized carbons (Fsp3) is 0.571. The SMILES string of the molecule is Cc1ncsc1CCN1CCCC(c2ccn[nH]2)C1. The Bertz CT molecular complexity index is 505. The van der Waals surface area contributed by atoms with Gasteiger partial charge in [-0.1, -0.05) is 0 Å². The molecule has 2 aromatic rings. The van der Waals surface area contributed by atoms with Crippen LogP contribution in [0.1, 0.15) is 35.0 Å². The van der Waals surface area contributed by atoms with Gasteiger partial charge in [-0.2, -0.15) is 5.10 Å². The molecule has 0 aliphatic carbocycles. The maximum absolute atomic E-state index is 4.32. The van der Waals surface area contributed by atoms with Gasteiger partial charge in [0.05, 0.1) is 11.2 Å². The van der Waals surface area contributed by atoms with Crippen LogP contribution in [-0.4, -0.2) is 39.7 Å². The van der Waals surface area contributed by atoms with Crippen LogP contribution in [-0.2, 0) is 6.42 Å². The van der Waals surface area contributed by atoms with Crippen LogP contribution in [0.15, 0.2) is 17.8 Å². The van der Waals surface area contributed by atoms with Crippen molar-refractivity contribution in [1.82, 2.24) is 20.1 Å². The maximum Gasteiger partial charge on any atom is 0.0797 e. The summed E-state index contributed by atoms with van der Waals surface area (Å²) >= 11 is 1.78. The molecule has 0 saturated carbocycles. The van der Waals surface area contributed by atoms with Gasteiger partial charge in [-0.3, -0.25) is 5.10 Å². The smallest absolute Gasteiger partial charge is 0.0797 e. The minimum atomic E-state index is 0.624. The Morgan fingerprint density at radius 3 is 3.21 bits per heavy atom. The molecule has 1 saturated heterocycles. The summed E-state index contributed by atoms with van der Waals surface area (Å²) in [4.78, 5) is 8.33. The van der Waals surface area contributed by atoms with Gasteiger partial charge in [-0.05, 0) is 38.8 Å². The highest BCUT2D eigenvalue weighted by Gasteiger charge is 2.22. The van der Waals surface area contributed by atoms with Crippen molar-refractivity contribution in [3.8, 4) is 0 Å². The monoisotopic (exact) mass is 276 g/mol. The third kappa shape index (κ3) is 3.04. The molecule has 1 aliphatic rings. The third-order valence-corrected chi connectivity index (χ3v) is 4.96. The first-order valence-corrected chi connectivity index (χ1v) is 7.81. The third-order valence-electron chi connectivity index (χ3n) is 3.97. The lowest BCUT2D eigenvalue weighted by Gasteiger charge is -2.32. The summed E-state index contributed by atoms with van der Waals surface area (Å²) in [6, 6.07) is 2.11. The Kier molecular flexibility index (Phi) is 3.94. The van der Waals surface area contributed by atoms with Gasteiger partial charge in [0.15, 0.2) is 0 Å². The first-order valence-electron chi connectivity index (χ1n) is 6.93. The molecule has 0 radical (unpaired) electrons. The average Bonchev–Trinajstić information content (AvgIpc) is 3.08. The summed E-state index contributed by atoms with van der Waals surface area (Å²) in [5.41, 5.74) is 4.44. The molecule has 0 spiro atoms. The van der Waals surface area contributed by atoms with Crippen molar-refractivity contribution in [3.05, 3.63) is 34.0 Å². The molecule has 1 fully saturated rings. The Balaban J connectivity index is 1.55. The molecule has 102 valence electrons. The van der Waals surface area contributed by atoms with E-state index in [-0.39, 0.29) is 0 Å². The number of H-pyrrole nitrogens is 1. The highest BCUT2D eigenvalue weighted by atomic mass is 32.1. The number of nitrogens with zero attached hydrogens (tertiary/aromatic N) is 3. The summed E-state index contributed by atoms with van der Waals surface area (Å²) in [7, 11) is 0. The fourth-order valence-corrected chi connectivity index (χ4v) is 3.60. The summed E-state index contributed by atoms with van der Waals surface area (Å²) in [6.45, 7) is 5.63. The zero-order chi connectivity index (χ0) is 13.1. The van der Waals surface area contributed by atoms with E-state index in [2.05, 4.69) is 33.1 Å². The molecule has 2 aromatic heterocycles. The number of nitrogens with one attached hydrogen (secondary N) is 1. The molecular weight excluding hydrogens is 256 g/mol. The van der Waals surface area contributed by atoms with Gasteiger partial charge in [-0.25, -0.2) is 4.98 Å². The lowest BCUT2D eigenvalue weighted by Crippen LogP contribution is -2.35. The second kappa shape index (κ2) is 5.84. The number of piperidine rings is 1. The van der Waals surface area contributed by atoms with E-state index in [9.17, 15) is 0 Å². The van der Waals surface area contributed by atoms with E-state index in [1.54, 1.807) is 11.3 Å². The Hall–Kier alpha value is -1.20. The van der Waals surface area contributed by atoms with Crippen molar-refractivity contribution < 1.29 is 0 Å². The Morgan fingerprint density at radius 2 is 2.47 bits per heavy atom. The van der Waals surface area contributed by atoms with Crippen molar-refractivity contribution >= 4 is 11.3 Å². The Labute approximate surface area is 117 Å². The van der Waals surface area contributed by atoms with Crippen LogP contribution in [0.25, 0.3) is 0 Å². The minimum Gasteiger partial charge on any atom is -0.302 e. The summed E-state index contributed by atoms with van der Waals surface area (Å²) in [5, 5.41) is 7.19. The predicted molar refractivity (Wildman–Crippen MR) is 77.6 cm³/mol. The van der Waals surface area contributed by atoms with E-state index < -0.39 is 0 Å². The van der Waals surface area contributed by atoms with Gasteiger partial charge in [0.1, 0.15) is 0 Å². The molecule has 19 heavy (non-hydrogen) atoms. The van der Waals surface area contributed by atoms with Crippen molar-refractivity contribution in [1.29, 1.82) is 0 Å². The van der Waals surface area contributed by atoms with Crippen LogP contribution in [0.5, 0.6) is 0 Å². The topological polar surface area (TPSA) is 44.8 Å². The zero-order valence-electron chi connectivity index (χ0n) is 11.3. The van der Waals surface area contributed by atoms with Gasteiger partial charge in [0.2, 0.25) is 0 Å². The number of aromatic nitrogens is 3. The number of hydrogen-bond donors (Lipinski definition) is 1. The number of likely N-dealkylation sites (tertiary alicyclic amines) is 1. The van der Waals surface area contributed by atoms with E-state index in [0.717, 1.165) is 19.5 Å². The van der Waals surface area contributed by atoms with Gasteiger partial charge < -0.3 is 4.90 Å². The van der Waals surface area contributed by atoms with Crippen molar-refractivity contribution in [3.63, 3.8) is 0 Å². The second-order valence-corrected chi connectivity index (χ2v) is 6.20. The van der Waals surface area contributed by atoms with Gasteiger partial charge in [-0.15, -0.1) is 11.3 Å². The summed E-state index contributed by atoms with van der Waals surface area (Å²) in [5.74, 6) is 0.624. The molecule has 4 nitrogen and oxygen atoms in total. The molecular formula is C14H20N4S. The molecule has 0 aromatic carbocycles. The average molecular weight is 276 g/mol. The van der Waals surface area contributed by atoms with E-state index in [1.165, 1.54) is 35.7 Å². The molecule has 1 N–H and O–H groups in total. The molecule has 1 atom stereocenters. The first kappa shape index (κ1) is 12.8. The molecule has 1 aliphatic heterocycles. The Morgan fingerprint density at radius 1 is 1.53 bits per heavy atom. The summed E-state index contributed by atoms with van der Waals surface area (Å²) < 4.78 is 0. The van der Waals surface area contributed by atoms with Crippen LogP contribution in [0, 0.1) is 6.92 Å². The highest BCUT2D eigenvalue weighted by Crippen LogP contribution is 2.25. The number of rotatable bonds is 4. The number of aryl methyl sites for hydroxylation is 1. The lowest BCUT2D eigenvalue weighted by molar-refractivity contribution is 0.208. The van der Waals surface area contributed by atoms with Crippen LogP contribution in [0.3, 0.4) is 0 Å². The van der Waals surface area contributed by atoms with Gasteiger partial charge in [0.25, 0.3) is 0 Å². The van der Waals surface area contributed by atoms with E-state index in [0.29, 0.717) is 5.92 Å². The zero-order valence-corrected chi connectivity index (χ0v) is 12.1. The van der Waals surface area contributed by atoms with Crippen molar-refractivity contribution in [2.75, 3.05) is 19.6 Å². The van der Waals surface area contributed by atoms with Crippen molar-refractivity contribution in [2.45, 2.75) is 32.1 Å². The highest BCUT2D eigenvalue weighted by molar-refractivity contribution is 7.09. The van der Waals surface area contributed by atoms with Crippen LogP contribution >= 0.6 is 11.3 Å². The summed E-state index contributed by atoms with van der Waals surface area (Å²) in [6.07, 6.45) is 5.55. The van der Waals surface area contributed by atoms with Crippen LogP contribution in [0.2, 0.25) is 0 Å². The van der Waals surface area contributed by atoms with Crippen LogP contribution < -0.4 is 0 Å². The lowest BCUT2D eigenvalue weighted by atomic mass is 9.95. The molecule has 3 heterocycles. The molecule has 5 heteroatoms. The maximum atomic E-state index is 4.32. The second-order valence-electron chi connectivity index (χ2n) is 5.26. The van der Waals surface area contributed by atoms with Gasteiger partial charge >= 0.3 is 0 Å². The molecule has 3 rings (SSSR count). The predicted octanol–water partition coefficient (Wildman–Crippen LogP) is 2.60. The molecule has 1 unspecified atom stereocenters. The first-order chi connectivity index (χ1) is 9.33. The molecule has 0 amide bonds.